The molecule has 0 saturated heterocycles. The zero-order chi connectivity index (χ0) is 13.9. The molecule has 0 aliphatic rings. The molecule has 0 radical (unpaired) electrons. The van der Waals surface area contributed by atoms with Crippen molar-refractivity contribution in [2.75, 3.05) is 12.8 Å². The summed E-state index contributed by atoms with van der Waals surface area (Å²) in [5, 5.41) is 0. The summed E-state index contributed by atoms with van der Waals surface area (Å²) in [7, 11) is -2.08. The fourth-order valence-corrected chi connectivity index (χ4v) is 2.99. The third kappa shape index (κ3) is 3.00. The lowest BCUT2D eigenvalue weighted by atomic mass is 10.4. The van der Waals surface area contributed by atoms with E-state index in [0.29, 0.717) is 11.6 Å². The Labute approximate surface area is 111 Å². The molecule has 2 N–H and O–H groups in total. The summed E-state index contributed by atoms with van der Waals surface area (Å²) in [6, 6.07) is 6.34. The van der Waals surface area contributed by atoms with E-state index < -0.39 is 9.84 Å². The van der Waals surface area contributed by atoms with Crippen molar-refractivity contribution < 1.29 is 13.2 Å². The van der Waals surface area contributed by atoms with E-state index in [1.54, 1.807) is 18.2 Å². The van der Waals surface area contributed by atoms with Crippen LogP contribution in [0.25, 0.3) is 0 Å². The standard InChI is InChI=1S/C12H13N3O3S/c1-18-12-4-2-3-9(15-12)8-19(16,17)11-5-6-14-7-10(11)13/h2-7H,8,13H2,1H3. The van der Waals surface area contributed by atoms with Crippen molar-refractivity contribution in [3.05, 3.63) is 42.4 Å². The molecule has 0 spiro atoms. The third-order valence-electron chi connectivity index (χ3n) is 2.47. The summed E-state index contributed by atoms with van der Waals surface area (Å²) in [4.78, 5) is 7.90. The predicted octanol–water partition coefficient (Wildman–Crippen LogP) is 1.04. The number of rotatable bonds is 4. The minimum absolute atomic E-state index is 0.0621. The number of methoxy groups -OCH3 is 1. The Morgan fingerprint density at radius 1 is 1.32 bits per heavy atom. The van der Waals surface area contributed by atoms with Crippen molar-refractivity contribution >= 4 is 15.5 Å². The zero-order valence-corrected chi connectivity index (χ0v) is 11.1. The second-order valence-electron chi connectivity index (χ2n) is 3.84. The minimum Gasteiger partial charge on any atom is -0.481 e. The molecule has 2 aromatic rings. The van der Waals surface area contributed by atoms with E-state index in [9.17, 15) is 8.42 Å². The van der Waals surface area contributed by atoms with Crippen LogP contribution in [0.15, 0.2) is 41.6 Å². The topological polar surface area (TPSA) is 95.2 Å². The third-order valence-corrected chi connectivity index (χ3v) is 4.19. The van der Waals surface area contributed by atoms with E-state index in [0.717, 1.165) is 0 Å². The second kappa shape index (κ2) is 5.23. The molecule has 0 saturated carbocycles. The smallest absolute Gasteiger partial charge is 0.213 e. The van der Waals surface area contributed by atoms with Crippen molar-refractivity contribution in [2.45, 2.75) is 10.6 Å². The van der Waals surface area contributed by atoms with Gasteiger partial charge in [0, 0.05) is 12.3 Å². The average Bonchev–Trinajstić information content (AvgIpc) is 2.38. The van der Waals surface area contributed by atoms with Gasteiger partial charge in [0.2, 0.25) is 5.88 Å². The van der Waals surface area contributed by atoms with Crippen molar-refractivity contribution in [2.24, 2.45) is 0 Å². The Morgan fingerprint density at radius 2 is 2.11 bits per heavy atom. The van der Waals surface area contributed by atoms with Crippen molar-refractivity contribution in [1.82, 2.24) is 9.97 Å². The Morgan fingerprint density at radius 3 is 2.79 bits per heavy atom. The first-order valence-electron chi connectivity index (χ1n) is 5.45. The highest BCUT2D eigenvalue weighted by molar-refractivity contribution is 7.90. The first-order valence-corrected chi connectivity index (χ1v) is 7.10. The molecule has 19 heavy (non-hydrogen) atoms. The lowest BCUT2D eigenvalue weighted by Gasteiger charge is -2.07. The molecule has 0 aromatic carbocycles. The summed E-state index contributed by atoms with van der Waals surface area (Å²) in [6.45, 7) is 0. The molecule has 0 bridgehead atoms. The molecule has 2 heterocycles. The van der Waals surface area contributed by atoms with Gasteiger partial charge in [-0.3, -0.25) is 4.98 Å². The molecule has 0 fully saturated rings. The van der Waals surface area contributed by atoms with Crippen LogP contribution >= 0.6 is 0 Å². The zero-order valence-electron chi connectivity index (χ0n) is 10.3. The van der Waals surface area contributed by atoms with E-state index in [1.807, 2.05) is 0 Å². The van der Waals surface area contributed by atoms with Crippen LogP contribution < -0.4 is 10.5 Å². The maximum atomic E-state index is 12.2. The number of hydrogen-bond donors (Lipinski definition) is 1. The van der Waals surface area contributed by atoms with Gasteiger partial charge in [-0.05, 0) is 12.1 Å². The Hall–Kier alpha value is -2.15. The van der Waals surface area contributed by atoms with E-state index >= 15 is 0 Å². The van der Waals surface area contributed by atoms with Crippen LogP contribution in [0.3, 0.4) is 0 Å². The van der Waals surface area contributed by atoms with Crippen LogP contribution in [0.4, 0.5) is 5.69 Å². The molecular formula is C12H13N3O3S. The lowest BCUT2D eigenvalue weighted by Crippen LogP contribution is -2.09. The van der Waals surface area contributed by atoms with Crippen LogP contribution in [0.2, 0.25) is 0 Å². The first-order chi connectivity index (χ1) is 9.03. The van der Waals surface area contributed by atoms with Crippen LogP contribution in [0.5, 0.6) is 5.88 Å². The summed E-state index contributed by atoms with van der Waals surface area (Å²) < 4.78 is 29.4. The summed E-state index contributed by atoms with van der Waals surface area (Å²) in [6.07, 6.45) is 2.70. The van der Waals surface area contributed by atoms with Gasteiger partial charge in [-0.15, -0.1) is 0 Å². The van der Waals surface area contributed by atoms with Crippen molar-refractivity contribution in [1.29, 1.82) is 0 Å². The summed E-state index contributed by atoms with van der Waals surface area (Å²) in [5.41, 5.74) is 6.16. The molecule has 6 nitrogen and oxygen atoms in total. The van der Waals surface area contributed by atoms with Gasteiger partial charge in [0.05, 0.1) is 35.3 Å². The van der Waals surface area contributed by atoms with Crippen LogP contribution in [-0.2, 0) is 15.6 Å². The highest BCUT2D eigenvalue weighted by Gasteiger charge is 2.19. The van der Waals surface area contributed by atoms with Gasteiger partial charge in [0.1, 0.15) is 0 Å². The number of hydrogen-bond acceptors (Lipinski definition) is 6. The Kier molecular flexibility index (Phi) is 3.66. The molecule has 0 amide bonds. The van der Waals surface area contributed by atoms with E-state index in [4.69, 9.17) is 10.5 Å². The van der Waals surface area contributed by atoms with E-state index in [-0.39, 0.29) is 16.3 Å². The second-order valence-corrected chi connectivity index (χ2v) is 5.80. The number of nitrogens with zero attached hydrogens (tertiary/aromatic N) is 2. The molecule has 0 aliphatic carbocycles. The Balaban J connectivity index is 2.34. The predicted molar refractivity (Wildman–Crippen MR) is 70.3 cm³/mol. The summed E-state index contributed by atoms with van der Waals surface area (Å²) >= 11 is 0. The van der Waals surface area contributed by atoms with Gasteiger partial charge in [0.15, 0.2) is 9.84 Å². The minimum atomic E-state index is -3.55. The van der Waals surface area contributed by atoms with E-state index in [1.165, 1.54) is 25.6 Å². The molecule has 0 atom stereocenters. The number of nitrogens with two attached hydrogens (primary N) is 1. The van der Waals surface area contributed by atoms with Crippen LogP contribution in [-0.4, -0.2) is 25.5 Å². The van der Waals surface area contributed by atoms with Crippen molar-refractivity contribution in [3.63, 3.8) is 0 Å². The van der Waals surface area contributed by atoms with Crippen molar-refractivity contribution in [3.8, 4) is 5.88 Å². The first kappa shape index (κ1) is 13.3. The molecule has 100 valence electrons. The average molecular weight is 279 g/mol. The summed E-state index contributed by atoms with van der Waals surface area (Å²) in [5.74, 6) is 0.133. The molecule has 7 heteroatoms. The maximum absolute atomic E-state index is 12.2. The van der Waals surface area contributed by atoms with Gasteiger partial charge >= 0.3 is 0 Å². The van der Waals surface area contributed by atoms with Crippen LogP contribution in [0.1, 0.15) is 5.69 Å². The molecule has 0 aliphatic heterocycles. The number of nitrogen functional groups attached to an aromatic ring is 1. The lowest BCUT2D eigenvalue weighted by molar-refractivity contribution is 0.396. The van der Waals surface area contributed by atoms with Gasteiger partial charge < -0.3 is 10.5 Å². The van der Waals surface area contributed by atoms with Gasteiger partial charge in [-0.25, -0.2) is 13.4 Å². The number of pyridine rings is 2. The van der Waals surface area contributed by atoms with Gasteiger partial charge in [-0.1, -0.05) is 6.07 Å². The number of aromatic nitrogens is 2. The highest BCUT2D eigenvalue weighted by Crippen LogP contribution is 2.21. The van der Waals surface area contributed by atoms with Gasteiger partial charge in [-0.2, -0.15) is 0 Å². The number of ether oxygens (including phenoxy) is 1. The fraction of sp³-hybridized carbons (Fsp3) is 0.167. The Bertz CT molecular complexity index is 686. The SMILES string of the molecule is COc1cccc(CS(=O)(=O)c2ccncc2N)n1. The largest absolute Gasteiger partial charge is 0.481 e. The quantitative estimate of drug-likeness (QED) is 0.898. The monoisotopic (exact) mass is 279 g/mol. The molecule has 2 rings (SSSR count). The van der Waals surface area contributed by atoms with Crippen LogP contribution in [0, 0.1) is 0 Å². The molecular weight excluding hydrogens is 266 g/mol. The van der Waals surface area contributed by atoms with E-state index in [2.05, 4.69) is 9.97 Å². The normalized spacial score (nSPS) is 11.2. The maximum Gasteiger partial charge on any atom is 0.213 e. The fourth-order valence-electron chi connectivity index (χ4n) is 1.60. The highest BCUT2D eigenvalue weighted by atomic mass is 32.2. The number of anilines is 1. The molecule has 2 aromatic heterocycles. The number of sulfone groups is 1. The van der Waals surface area contributed by atoms with Gasteiger partial charge in [0.25, 0.3) is 0 Å². The molecule has 0 unspecified atom stereocenters.